The minimum Gasteiger partial charge on any atom is -0.381 e. The molecule has 1 aromatic rings. The van der Waals surface area contributed by atoms with E-state index in [9.17, 15) is 8.78 Å². The summed E-state index contributed by atoms with van der Waals surface area (Å²) < 4.78 is 25.2. The van der Waals surface area contributed by atoms with Gasteiger partial charge in [-0.25, -0.2) is 0 Å². The van der Waals surface area contributed by atoms with E-state index in [4.69, 9.17) is 10.4 Å². The molecular formula is C9H7F2NO. The summed E-state index contributed by atoms with van der Waals surface area (Å²) in [4.78, 5) is 0. The molecule has 0 saturated heterocycles. The maximum atomic E-state index is 12.6. The molecule has 0 aliphatic carbocycles. The van der Waals surface area contributed by atoms with Crippen molar-refractivity contribution in [1.82, 2.24) is 0 Å². The molecule has 13 heavy (non-hydrogen) atoms. The van der Waals surface area contributed by atoms with Crippen LogP contribution in [0.5, 0.6) is 0 Å². The molecular weight excluding hydrogens is 176 g/mol. The van der Waals surface area contributed by atoms with Crippen LogP contribution in [-0.2, 0) is 0 Å². The zero-order valence-corrected chi connectivity index (χ0v) is 6.61. The molecule has 1 atom stereocenters. The Balaban J connectivity index is 2.94. The highest BCUT2D eigenvalue weighted by Gasteiger charge is 2.39. The third-order valence-corrected chi connectivity index (χ3v) is 1.61. The van der Waals surface area contributed by atoms with E-state index in [1.807, 2.05) is 0 Å². The van der Waals surface area contributed by atoms with Gasteiger partial charge < -0.3 is 5.11 Å². The van der Waals surface area contributed by atoms with Crippen LogP contribution in [0.15, 0.2) is 30.3 Å². The van der Waals surface area contributed by atoms with Crippen LogP contribution in [0.1, 0.15) is 11.7 Å². The van der Waals surface area contributed by atoms with Crippen molar-refractivity contribution in [3.05, 3.63) is 35.9 Å². The van der Waals surface area contributed by atoms with Gasteiger partial charge in [0.1, 0.15) is 6.07 Å². The Morgan fingerprint density at radius 3 is 2.31 bits per heavy atom. The number of benzene rings is 1. The van der Waals surface area contributed by atoms with Crippen LogP contribution in [0.2, 0.25) is 0 Å². The van der Waals surface area contributed by atoms with Crippen molar-refractivity contribution >= 4 is 0 Å². The number of halogens is 2. The minimum absolute atomic E-state index is 0.0362. The number of hydrogen-bond acceptors (Lipinski definition) is 2. The Labute approximate surface area is 74.0 Å². The monoisotopic (exact) mass is 183 g/mol. The molecule has 68 valence electrons. The number of alkyl halides is 2. The van der Waals surface area contributed by atoms with Crippen LogP contribution in [0.3, 0.4) is 0 Å². The normalized spacial score (nSPS) is 13.4. The van der Waals surface area contributed by atoms with E-state index >= 15 is 0 Å². The van der Waals surface area contributed by atoms with E-state index in [1.54, 1.807) is 6.07 Å². The summed E-state index contributed by atoms with van der Waals surface area (Å²) in [7, 11) is 0. The molecule has 2 nitrogen and oxygen atoms in total. The molecule has 0 amide bonds. The summed E-state index contributed by atoms with van der Waals surface area (Å²) in [5.41, 5.74) is 0.0362. The van der Waals surface area contributed by atoms with E-state index in [0.717, 1.165) is 6.07 Å². The lowest BCUT2D eigenvalue weighted by molar-refractivity contribution is -0.0651. The van der Waals surface area contributed by atoms with Crippen molar-refractivity contribution in [3.63, 3.8) is 0 Å². The van der Waals surface area contributed by atoms with Crippen molar-refractivity contribution in [3.8, 4) is 6.07 Å². The molecule has 0 aliphatic heterocycles. The molecule has 0 fully saturated rings. The number of rotatable bonds is 2. The van der Waals surface area contributed by atoms with E-state index in [1.165, 1.54) is 24.3 Å². The molecule has 0 heterocycles. The first-order valence-corrected chi connectivity index (χ1v) is 3.60. The molecule has 0 saturated carbocycles. The second kappa shape index (κ2) is 3.50. The van der Waals surface area contributed by atoms with Gasteiger partial charge in [-0.3, -0.25) is 0 Å². The highest BCUT2D eigenvalue weighted by Crippen LogP contribution is 2.29. The third-order valence-electron chi connectivity index (χ3n) is 1.61. The van der Waals surface area contributed by atoms with E-state index in [2.05, 4.69) is 0 Å². The van der Waals surface area contributed by atoms with Gasteiger partial charge >= 0.3 is 5.92 Å². The van der Waals surface area contributed by atoms with Crippen molar-refractivity contribution in [2.45, 2.75) is 12.0 Å². The maximum absolute atomic E-state index is 12.6. The molecule has 4 heteroatoms. The number of nitrogens with zero attached hydrogens (tertiary/aromatic N) is 1. The fraction of sp³-hybridized carbons (Fsp3) is 0.222. The Hall–Kier alpha value is -1.47. The average molecular weight is 183 g/mol. The zero-order valence-electron chi connectivity index (χ0n) is 6.61. The Bertz CT molecular complexity index is 318. The van der Waals surface area contributed by atoms with Crippen LogP contribution < -0.4 is 0 Å². The second-order valence-electron chi connectivity index (χ2n) is 2.55. The molecule has 1 N–H and O–H groups in total. The topological polar surface area (TPSA) is 44.0 Å². The average Bonchev–Trinajstić information content (AvgIpc) is 2.18. The Morgan fingerprint density at radius 2 is 1.85 bits per heavy atom. The van der Waals surface area contributed by atoms with Gasteiger partial charge in [0.2, 0.25) is 0 Å². The van der Waals surface area contributed by atoms with Gasteiger partial charge in [-0.2, -0.15) is 14.0 Å². The molecule has 1 aromatic carbocycles. The van der Waals surface area contributed by atoms with Gasteiger partial charge in [-0.1, -0.05) is 30.3 Å². The van der Waals surface area contributed by atoms with Gasteiger partial charge in [-0.05, 0) is 5.56 Å². The third kappa shape index (κ3) is 2.01. The summed E-state index contributed by atoms with van der Waals surface area (Å²) in [5.74, 6) is -3.73. The molecule has 1 unspecified atom stereocenters. The molecule has 0 spiro atoms. The zero-order chi connectivity index (χ0) is 9.90. The smallest absolute Gasteiger partial charge is 0.361 e. The predicted octanol–water partition coefficient (Wildman–Crippen LogP) is 1.88. The summed E-state index contributed by atoms with van der Waals surface area (Å²) in [5, 5.41) is 17.1. The first-order chi connectivity index (χ1) is 6.08. The molecule has 0 bridgehead atoms. The summed E-state index contributed by atoms with van der Waals surface area (Å²) in [6.07, 6.45) is -2.06. The Kier molecular flexibility index (Phi) is 2.59. The minimum atomic E-state index is -3.73. The van der Waals surface area contributed by atoms with Crippen molar-refractivity contribution < 1.29 is 13.9 Å². The first kappa shape index (κ1) is 9.62. The standard InChI is InChI=1S/C9H7F2NO/c10-9(11,6-12)8(13)7-4-2-1-3-5-7/h1-5,8,13H. The molecule has 0 aliphatic rings. The van der Waals surface area contributed by atoms with Crippen LogP contribution >= 0.6 is 0 Å². The quantitative estimate of drug-likeness (QED) is 0.760. The van der Waals surface area contributed by atoms with E-state index in [-0.39, 0.29) is 5.56 Å². The van der Waals surface area contributed by atoms with E-state index < -0.39 is 12.0 Å². The van der Waals surface area contributed by atoms with Crippen LogP contribution in [0.4, 0.5) is 8.78 Å². The van der Waals surface area contributed by atoms with Crippen LogP contribution in [-0.4, -0.2) is 11.0 Å². The summed E-state index contributed by atoms with van der Waals surface area (Å²) in [6.45, 7) is 0. The van der Waals surface area contributed by atoms with Crippen LogP contribution in [0.25, 0.3) is 0 Å². The molecule has 0 radical (unpaired) electrons. The van der Waals surface area contributed by atoms with Gasteiger partial charge in [0.25, 0.3) is 0 Å². The van der Waals surface area contributed by atoms with Crippen LogP contribution in [0, 0.1) is 11.3 Å². The fourth-order valence-electron chi connectivity index (χ4n) is 0.906. The number of aliphatic hydroxyl groups excluding tert-OH is 1. The SMILES string of the molecule is N#CC(F)(F)C(O)c1ccccc1. The number of nitriles is 1. The second-order valence-corrected chi connectivity index (χ2v) is 2.55. The molecule has 0 aromatic heterocycles. The van der Waals surface area contributed by atoms with Crippen molar-refractivity contribution in [2.75, 3.05) is 0 Å². The lowest BCUT2D eigenvalue weighted by Crippen LogP contribution is -2.23. The maximum Gasteiger partial charge on any atom is 0.361 e. The van der Waals surface area contributed by atoms with Crippen molar-refractivity contribution in [2.24, 2.45) is 0 Å². The number of aliphatic hydroxyl groups is 1. The summed E-state index contributed by atoms with van der Waals surface area (Å²) in [6, 6.07) is 8.12. The number of hydrogen-bond donors (Lipinski definition) is 1. The Morgan fingerprint density at radius 1 is 1.31 bits per heavy atom. The highest BCUT2D eigenvalue weighted by atomic mass is 19.3. The van der Waals surface area contributed by atoms with E-state index in [0.29, 0.717) is 0 Å². The lowest BCUT2D eigenvalue weighted by atomic mass is 10.1. The predicted molar refractivity (Wildman–Crippen MR) is 42.0 cm³/mol. The lowest BCUT2D eigenvalue weighted by Gasteiger charge is -2.15. The fourth-order valence-corrected chi connectivity index (χ4v) is 0.906. The summed E-state index contributed by atoms with van der Waals surface area (Å²) >= 11 is 0. The largest absolute Gasteiger partial charge is 0.381 e. The molecule has 1 rings (SSSR count). The van der Waals surface area contributed by atoms with Gasteiger partial charge in [-0.15, -0.1) is 0 Å². The highest BCUT2D eigenvalue weighted by molar-refractivity contribution is 5.21. The first-order valence-electron chi connectivity index (χ1n) is 3.60. The van der Waals surface area contributed by atoms with Crippen molar-refractivity contribution in [1.29, 1.82) is 5.26 Å². The van der Waals surface area contributed by atoms with Gasteiger partial charge in [0, 0.05) is 0 Å². The van der Waals surface area contributed by atoms with Gasteiger partial charge in [0.05, 0.1) is 0 Å². The van der Waals surface area contributed by atoms with Gasteiger partial charge in [0.15, 0.2) is 6.10 Å².